The van der Waals surface area contributed by atoms with Crippen molar-refractivity contribution in [3.05, 3.63) is 70.3 Å². The number of nitrogens with one attached hydrogen (secondary N) is 1. The molecule has 7 heteroatoms. The van der Waals surface area contributed by atoms with Crippen LogP contribution in [0.1, 0.15) is 51.7 Å². The first-order chi connectivity index (χ1) is 15.8. The Bertz CT molecular complexity index is 937. The van der Waals surface area contributed by atoms with Crippen molar-refractivity contribution in [1.82, 2.24) is 5.32 Å². The molecular formula is C26H34N2O4Se. The zero-order chi connectivity index (χ0) is 23.6. The van der Waals surface area contributed by atoms with Gasteiger partial charge in [0.15, 0.2) is 0 Å². The number of nitrogens with zero attached hydrogens (tertiary/aromatic N) is 1. The van der Waals surface area contributed by atoms with Gasteiger partial charge in [-0.25, -0.2) is 0 Å². The molecule has 1 saturated heterocycles. The summed E-state index contributed by atoms with van der Waals surface area (Å²) in [5.74, 6) is 1.17. The second-order valence-electron chi connectivity index (χ2n) is 9.89. The first-order valence-electron chi connectivity index (χ1n) is 11.7. The summed E-state index contributed by atoms with van der Waals surface area (Å²) in [7, 11) is 1.72. The van der Waals surface area contributed by atoms with Crippen molar-refractivity contribution in [2.24, 2.45) is 11.8 Å². The van der Waals surface area contributed by atoms with Gasteiger partial charge < -0.3 is 0 Å². The van der Waals surface area contributed by atoms with Gasteiger partial charge in [-0.2, -0.15) is 0 Å². The summed E-state index contributed by atoms with van der Waals surface area (Å²) in [6.07, 6.45) is 3.36. The molecule has 0 aromatic heterocycles. The Hall–Kier alpha value is -1.76. The average Bonchev–Trinajstić information content (AvgIpc) is 2.79. The summed E-state index contributed by atoms with van der Waals surface area (Å²) in [6, 6.07) is 17.3. The summed E-state index contributed by atoms with van der Waals surface area (Å²) in [5.41, 5.74) is 0.992. The number of hydrogen-bond acceptors (Lipinski definition) is 5. The SMILES string of the molecule is CO[C@H](c1ccc([N+](=O)[O-])cc1)[C@@H]([Se]c1ccccc1)[C@H]1NC(C)(C)[C@@H]2CC[C@@H](C)C[C@H]2O1. The number of rotatable bonds is 7. The maximum absolute atomic E-state index is 11.2. The summed E-state index contributed by atoms with van der Waals surface area (Å²) >= 11 is 0.0601. The predicted octanol–water partition coefficient (Wildman–Crippen LogP) is 4.63. The molecule has 2 aromatic carbocycles. The van der Waals surface area contributed by atoms with E-state index in [0.29, 0.717) is 11.8 Å². The molecule has 0 bridgehead atoms. The van der Waals surface area contributed by atoms with Crippen molar-refractivity contribution < 1.29 is 14.4 Å². The standard InChI is InChI=1S/C26H34N2O4Se/c1-17-10-15-21-22(16-17)32-25(27-26(21,2)3)24(33-20-8-6-5-7-9-20)23(31-4)18-11-13-19(14-12-18)28(29)30/h5-9,11-14,17,21-25,27H,10,15-16H2,1-4H3/t17-,21-,22-,23-,24-,25+/m1/s1. The maximum atomic E-state index is 11.2. The summed E-state index contributed by atoms with van der Waals surface area (Å²) in [5, 5.41) is 15.0. The molecule has 2 aliphatic rings. The van der Waals surface area contributed by atoms with Gasteiger partial charge in [-0.05, 0) is 0 Å². The van der Waals surface area contributed by atoms with E-state index in [-0.39, 0.29) is 54.4 Å². The van der Waals surface area contributed by atoms with Gasteiger partial charge in [0.2, 0.25) is 0 Å². The van der Waals surface area contributed by atoms with Gasteiger partial charge in [0.25, 0.3) is 0 Å². The Balaban J connectivity index is 1.67. The Morgan fingerprint density at radius 1 is 1.15 bits per heavy atom. The van der Waals surface area contributed by atoms with Crippen molar-refractivity contribution in [1.29, 1.82) is 0 Å². The van der Waals surface area contributed by atoms with Crippen molar-refractivity contribution >= 4 is 25.1 Å². The zero-order valence-electron chi connectivity index (χ0n) is 19.8. The molecule has 0 spiro atoms. The van der Waals surface area contributed by atoms with Crippen molar-refractivity contribution in [2.75, 3.05) is 7.11 Å². The molecule has 1 aliphatic carbocycles. The van der Waals surface area contributed by atoms with Gasteiger partial charge in [0, 0.05) is 0 Å². The number of ether oxygens (including phenoxy) is 2. The van der Waals surface area contributed by atoms with E-state index in [0.717, 1.165) is 12.0 Å². The van der Waals surface area contributed by atoms with Gasteiger partial charge in [-0.1, -0.05) is 0 Å². The van der Waals surface area contributed by atoms with Gasteiger partial charge >= 0.3 is 203 Å². The third-order valence-corrected chi connectivity index (χ3v) is 9.87. The van der Waals surface area contributed by atoms with Crippen LogP contribution in [0.15, 0.2) is 54.6 Å². The van der Waals surface area contributed by atoms with E-state index in [1.807, 2.05) is 18.2 Å². The number of benzene rings is 2. The molecule has 6 nitrogen and oxygen atoms in total. The number of methoxy groups -OCH3 is 1. The molecule has 0 radical (unpaired) electrons. The Morgan fingerprint density at radius 2 is 1.85 bits per heavy atom. The van der Waals surface area contributed by atoms with Crippen LogP contribution in [0, 0.1) is 22.0 Å². The zero-order valence-corrected chi connectivity index (χ0v) is 21.5. The summed E-state index contributed by atoms with van der Waals surface area (Å²) in [4.78, 5) is 10.8. The molecule has 2 fully saturated rings. The van der Waals surface area contributed by atoms with Crippen LogP contribution in [0.2, 0.25) is 4.82 Å². The van der Waals surface area contributed by atoms with Gasteiger partial charge in [-0.15, -0.1) is 0 Å². The van der Waals surface area contributed by atoms with Crippen LogP contribution in [0.25, 0.3) is 0 Å². The topological polar surface area (TPSA) is 73.6 Å². The van der Waals surface area contributed by atoms with Crippen LogP contribution in [-0.2, 0) is 9.47 Å². The molecule has 0 unspecified atom stereocenters. The molecule has 33 heavy (non-hydrogen) atoms. The van der Waals surface area contributed by atoms with Crippen LogP contribution >= 0.6 is 0 Å². The van der Waals surface area contributed by atoms with E-state index in [1.165, 1.54) is 17.3 Å². The van der Waals surface area contributed by atoms with Crippen LogP contribution in [0.3, 0.4) is 0 Å². The molecule has 1 aliphatic heterocycles. The van der Waals surface area contributed by atoms with E-state index >= 15 is 0 Å². The summed E-state index contributed by atoms with van der Waals surface area (Å²) in [6.45, 7) is 6.93. The Kier molecular flexibility index (Phi) is 7.56. The third kappa shape index (κ3) is 5.50. The summed E-state index contributed by atoms with van der Waals surface area (Å²) < 4.78 is 14.2. The van der Waals surface area contributed by atoms with E-state index < -0.39 is 0 Å². The van der Waals surface area contributed by atoms with Crippen molar-refractivity contribution in [3.63, 3.8) is 0 Å². The van der Waals surface area contributed by atoms with E-state index in [1.54, 1.807) is 19.2 Å². The molecule has 178 valence electrons. The number of hydrogen-bond donors (Lipinski definition) is 1. The van der Waals surface area contributed by atoms with E-state index in [9.17, 15) is 10.1 Å². The van der Waals surface area contributed by atoms with Gasteiger partial charge in [0.05, 0.1) is 0 Å². The third-order valence-electron chi connectivity index (χ3n) is 7.12. The number of nitro groups is 1. The molecule has 1 N–H and O–H groups in total. The average molecular weight is 518 g/mol. The van der Waals surface area contributed by atoms with E-state index in [2.05, 4.69) is 50.4 Å². The Morgan fingerprint density at radius 3 is 2.48 bits per heavy atom. The fraction of sp³-hybridized carbons (Fsp3) is 0.538. The molecule has 1 saturated carbocycles. The van der Waals surface area contributed by atoms with E-state index in [4.69, 9.17) is 9.47 Å². The number of nitro benzene ring substituents is 1. The van der Waals surface area contributed by atoms with Crippen molar-refractivity contribution in [3.8, 4) is 0 Å². The molecule has 2 aromatic rings. The monoisotopic (exact) mass is 518 g/mol. The second-order valence-corrected chi connectivity index (χ2v) is 12.5. The van der Waals surface area contributed by atoms with Crippen LogP contribution in [0.5, 0.6) is 0 Å². The normalized spacial score (nSPS) is 28.5. The van der Waals surface area contributed by atoms with Crippen LogP contribution in [0.4, 0.5) is 5.69 Å². The van der Waals surface area contributed by atoms with Crippen LogP contribution in [-0.4, -0.2) is 44.9 Å². The number of fused-ring (bicyclic) bond motifs is 1. The molecule has 1 heterocycles. The first-order valence-corrected chi connectivity index (χ1v) is 13.5. The van der Waals surface area contributed by atoms with Gasteiger partial charge in [-0.3, -0.25) is 0 Å². The van der Waals surface area contributed by atoms with Crippen LogP contribution < -0.4 is 9.78 Å². The fourth-order valence-electron chi connectivity index (χ4n) is 5.34. The van der Waals surface area contributed by atoms with Gasteiger partial charge in [0.1, 0.15) is 0 Å². The Labute approximate surface area is 202 Å². The number of non-ortho nitro benzene ring substituents is 1. The minimum atomic E-state index is -0.365. The predicted molar refractivity (Wildman–Crippen MR) is 131 cm³/mol. The fourth-order valence-corrected chi connectivity index (χ4v) is 8.02. The first kappa shape index (κ1) is 24.4. The molecule has 4 rings (SSSR count). The molecule has 0 amide bonds. The minimum absolute atomic E-state index is 0.0352. The quantitative estimate of drug-likeness (QED) is 0.330. The molecular weight excluding hydrogens is 483 g/mol. The second kappa shape index (κ2) is 10.2. The van der Waals surface area contributed by atoms with Crippen molar-refractivity contribution in [2.45, 2.75) is 68.8 Å². The molecule has 6 atom stereocenters.